The molecule has 0 aliphatic heterocycles. The van der Waals surface area contributed by atoms with Gasteiger partial charge in [-0.2, -0.15) is 17.4 Å². The first-order valence-corrected chi connectivity index (χ1v) is 9.65. The first-order valence-electron chi connectivity index (χ1n) is 8.21. The molecular formula is C15H33N3O2S. The summed E-state index contributed by atoms with van der Waals surface area (Å²) in [4.78, 5) is 0. The molecule has 1 rings (SSSR count). The van der Waals surface area contributed by atoms with Crippen molar-refractivity contribution in [3.05, 3.63) is 0 Å². The Balaban J connectivity index is 2.37. The van der Waals surface area contributed by atoms with Crippen molar-refractivity contribution in [2.45, 2.75) is 65.3 Å². The summed E-state index contributed by atoms with van der Waals surface area (Å²) in [5.41, 5.74) is 0.244. The minimum atomic E-state index is -3.35. The van der Waals surface area contributed by atoms with E-state index in [2.05, 4.69) is 30.8 Å². The van der Waals surface area contributed by atoms with Gasteiger partial charge >= 0.3 is 0 Å². The van der Waals surface area contributed by atoms with Crippen LogP contribution in [0.15, 0.2) is 0 Å². The van der Waals surface area contributed by atoms with Crippen LogP contribution in [0.5, 0.6) is 0 Å². The molecule has 2 N–H and O–H groups in total. The molecule has 0 aromatic heterocycles. The summed E-state index contributed by atoms with van der Waals surface area (Å²) < 4.78 is 29.0. The van der Waals surface area contributed by atoms with Gasteiger partial charge in [-0.25, -0.2) is 0 Å². The zero-order valence-electron chi connectivity index (χ0n) is 14.1. The number of nitrogens with one attached hydrogen (secondary N) is 2. The maximum absolute atomic E-state index is 12.3. The van der Waals surface area contributed by atoms with Crippen molar-refractivity contribution < 1.29 is 8.42 Å². The summed E-state index contributed by atoms with van der Waals surface area (Å²) in [6, 6.07) is 0.0828. The fourth-order valence-electron chi connectivity index (χ4n) is 2.95. The maximum atomic E-state index is 12.3. The van der Waals surface area contributed by atoms with Gasteiger partial charge in [0.15, 0.2) is 0 Å². The number of rotatable bonds is 9. The molecule has 5 nitrogen and oxygen atoms in total. The monoisotopic (exact) mass is 319 g/mol. The molecule has 1 saturated carbocycles. The summed E-state index contributed by atoms with van der Waals surface area (Å²) in [5.74, 6) is 0. The van der Waals surface area contributed by atoms with E-state index in [1.807, 2.05) is 0 Å². The first kappa shape index (κ1) is 18.9. The Morgan fingerprint density at radius 3 is 2.62 bits per heavy atom. The number of hydrogen-bond donors (Lipinski definition) is 2. The van der Waals surface area contributed by atoms with Crippen LogP contribution in [0.3, 0.4) is 0 Å². The predicted octanol–water partition coefficient (Wildman–Crippen LogP) is 2.11. The van der Waals surface area contributed by atoms with Crippen molar-refractivity contribution in [2.24, 2.45) is 5.41 Å². The van der Waals surface area contributed by atoms with Crippen LogP contribution in [0.4, 0.5) is 0 Å². The van der Waals surface area contributed by atoms with Gasteiger partial charge in [-0.05, 0) is 50.6 Å². The number of nitrogens with zero attached hydrogens (tertiary/aromatic N) is 1. The average molecular weight is 320 g/mol. The molecule has 0 aromatic rings. The van der Waals surface area contributed by atoms with Gasteiger partial charge in [0.1, 0.15) is 0 Å². The molecule has 0 spiro atoms. The molecule has 1 atom stereocenters. The molecule has 1 fully saturated rings. The molecule has 0 amide bonds. The minimum absolute atomic E-state index is 0.0828. The molecule has 1 aliphatic rings. The van der Waals surface area contributed by atoms with Crippen LogP contribution in [-0.4, -0.2) is 45.4 Å². The highest BCUT2D eigenvalue weighted by molar-refractivity contribution is 7.87. The summed E-state index contributed by atoms with van der Waals surface area (Å²) in [6.07, 6.45) is 6.11. The van der Waals surface area contributed by atoms with Crippen LogP contribution in [0.2, 0.25) is 0 Å². The second-order valence-electron chi connectivity index (χ2n) is 7.01. The SMILES string of the molecule is CCCNCCCN(C)S(=O)(=O)NC1CCCC(C)(C)C1. The quantitative estimate of drug-likeness (QED) is 0.640. The van der Waals surface area contributed by atoms with Gasteiger partial charge in [0.2, 0.25) is 0 Å². The van der Waals surface area contributed by atoms with Gasteiger partial charge in [-0.15, -0.1) is 0 Å². The second-order valence-corrected chi connectivity index (χ2v) is 8.81. The van der Waals surface area contributed by atoms with E-state index in [0.29, 0.717) is 6.54 Å². The molecule has 1 unspecified atom stereocenters. The Labute approximate surface area is 131 Å². The second kappa shape index (κ2) is 8.46. The lowest BCUT2D eigenvalue weighted by Gasteiger charge is -2.36. The largest absolute Gasteiger partial charge is 0.317 e. The highest BCUT2D eigenvalue weighted by atomic mass is 32.2. The van der Waals surface area contributed by atoms with E-state index < -0.39 is 10.2 Å². The van der Waals surface area contributed by atoms with E-state index in [-0.39, 0.29) is 11.5 Å². The van der Waals surface area contributed by atoms with Crippen LogP contribution >= 0.6 is 0 Å². The molecule has 0 aromatic carbocycles. The lowest BCUT2D eigenvalue weighted by atomic mass is 9.75. The smallest absolute Gasteiger partial charge is 0.279 e. The van der Waals surface area contributed by atoms with Crippen LogP contribution < -0.4 is 10.0 Å². The van der Waals surface area contributed by atoms with Crippen LogP contribution in [0.25, 0.3) is 0 Å². The lowest BCUT2D eigenvalue weighted by molar-refractivity contribution is 0.210. The molecule has 21 heavy (non-hydrogen) atoms. The fourth-order valence-corrected chi connectivity index (χ4v) is 4.12. The standard InChI is InChI=1S/C15H33N3O2S/c1-5-10-16-11-7-12-18(4)21(19,20)17-14-8-6-9-15(2,3)13-14/h14,16-17H,5-13H2,1-4H3. The Morgan fingerprint density at radius 1 is 1.29 bits per heavy atom. The first-order chi connectivity index (χ1) is 9.77. The van der Waals surface area contributed by atoms with Crippen molar-refractivity contribution in [1.82, 2.24) is 14.3 Å². The molecule has 0 bridgehead atoms. The van der Waals surface area contributed by atoms with E-state index in [9.17, 15) is 8.42 Å². The predicted molar refractivity (Wildman–Crippen MR) is 88.5 cm³/mol. The van der Waals surface area contributed by atoms with Gasteiger partial charge in [0.05, 0.1) is 0 Å². The average Bonchev–Trinajstić information content (AvgIpc) is 2.36. The fraction of sp³-hybridized carbons (Fsp3) is 1.00. The molecular weight excluding hydrogens is 286 g/mol. The lowest BCUT2D eigenvalue weighted by Crippen LogP contribution is -2.47. The zero-order chi connectivity index (χ0) is 15.9. The van der Waals surface area contributed by atoms with Crippen LogP contribution in [0.1, 0.15) is 59.3 Å². The van der Waals surface area contributed by atoms with E-state index in [0.717, 1.165) is 45.2 Å². The highest BCUT2D eigenvalue weighted by Crippen LogP contribution is 2.35. The Bertz CT molecular complexity index is 396. The highest BCUT2D eigenvalue weighted by Gasteiger charge is 2.31. The normalized spacial score (nSPS) is 22.6. The van der Waals surface area contributed by atoms with E-state index >= 15 is 0 Å². The summed E-state index contributed by atoms with van der Waals surface area (Å²) >= 11 is 0. The molecule has 126 valence electrons. The van der Waals surface area contributed by atoms with Gasteiger partial charge in [0.25, 0.3) is 10.2 Å². The van der Waals surface area contributed by atoms with Crippen molar-refractivity contribution in [2.75, 3.05) is 26.7 Å². The van der Waals surface area contributed by atoms with Crippen molar-refractivity contribution >= 4 is 10.2 Å². The van der Waals surface area contributed by atoms with E-state index in [1.165, 1.54) is 10.7 Å². The van der Waals surface area contributed by atoms with E-state index in [4.69, 9.17) is 0 Å². The van der Waals surface area contributed by atoms with Gasteiger partial charge < -0.3 is 5.32 Å². The van der Waals surface area contributed by atoms with Crippen LogP contribution in [0, 0.1) is 5.41 Å². The molecule has 0 saturated heterocycles. The van der Waals surface area contributed by atoms with Gasteiger partial charge in [-0.3, -0.25) is 0 Å². The summed E-state index contributed by atoms with van der Waals surface area (Å²) in [6.45, 7) is 8.98. The van der Waals surface area contributed by atoms with Crippen molar-refractivity contribution in [3.63, 3.8) is 0 Å². The summed E-state index contributed by atoms with van der Waals surface area (Å²) in [7, 11) is -1.68. The van der Waals surface area contributed by atoms with Gasteiger partial charge in [0, 0.05) is 19.6 Å². The topological polar surface area (TPSA) is 61.4 Å². The number of hydrogen-bond acceptors (Lipinski definition) is 3. The minimum Gasteiger partial charge on any atom is -0.317 e. The Morgan fingerprint density at radius 2 is 2.00 bits per heavy atom. The molecule has 0 heterocycles. The third-order valence-electron chi connectivity index (χ3n) is 4.18. The maximum Gasteiger partial charge on any atom is 0.279 e. The third-order valence-corrected chi connectivity index (χ3v) is 5.82. The Kier molecular flexibility index (Phi) is 7.60. The Hall–Kier alpha value is -0.170. The van der Waals surface area contributed by atoms with Crippen molar-refractivity contribution in [1.29, 1.82) is 0 Å². The molecule has 0 radical (unpaired) electrons. The van der Waals surface area contributed by atoms with Gasteiger partial charge in [-0.1, -0.05) is 27.2 Å². The zero-order valence-corrected chi connectivity index (χ0v) is 14.9. The van der Waals surface area contributed by atoms with Crippen molar-refractivity contribution in [3.8, 4) is 0 Å². The molecule has 6 heteroatoms. The summed E-state index contributed by atoms with van der Waals surface area (Å²) in [5, 5.41) is 3.29. The molecule has 1 aliphatic carbocycles. The third kappa shape index (κ3) is 7.08. The van der Waals surface area contributed by atoms with Crippen LogP contribution in [-0.2, 0) is 10.2 Å². The van der Waals surface area contributed by atoms with E-state index in [1.54, 1.807) is 7.05 Å².